The summed E-state index contributed by atoms with van der Waals surface area (Å²) in [4.78, 5) is 20.9. The Hall–Kier alpha value is -3.12. The van der Waals surface area contributed by atoms with Gasteiger partial charge in [-0.05, 0) is 17.7 Å². The molecule has 3 rings (SSSR count). The first-order valence-corrected chi connectivity index (χ1v) is 7.68. The van der Waals surface area contributed by atoms with Crippen LogP contribution in [-0.2, 0) is 13.2 Å². The van der Waals surface area contributed by atoms with Gasteiger partial charge in [-0.25, -0.2) is 0 Å². The van der Waals surface area contributed by atoms with Gasteiger partial charge in [0.05, 0.1) is 13.7 Å². The first-order chi connectivity index (χ1) is 12.3. The van der Waals surface area contributed by atoms with Crippen LogP contribution >= 0.6 is 0 Å². The van der Waals surface area contributed by atoms with E-state index in [1.54, 1.807) is 12.4 Å². The molecule has 0 atom stereocenters. The quantitative estimate of drug-likeness (QED) is 0.770. The summed E-state index contributed by atoms with van der Waals surface area (Å²) in [5, 5.41) is 9.33. The fraction of sp³-hybridized carbons (Fsp3) is 0.158. The summed E-state index contributed by atoms with van der Waals surface area (Å²) in [6.07, 6.45) is 4.97. The predicted octanol–water partition coefficient (Wildman–Crippen LogP) is 2.06. The van der Waals surface area contributed by atoms with Gasteiger partial charge in [-0.3, -0.25) is 9.78 Å². The van der Waals surface area contributed by atoms with E-state index in [-0.39, 0.29) is 17.8 Å². The molecule has 0 saturated carbocycles. The van der Waals surface area contributed by atoms with Crippen LogP contribution in [-0.4, -0.2) is 21.9 Å². The van der Waals surface area contributed by atoms with Crippen molar-refractivity contribution in [2.24, 2.45) is 0 Å². The molecule has 0 radical (unpaired) electrons. The van der Waals surface area contributed by atoms with E-state index in [0.717, 1.165) is 5.56 Å². The second kappa shape index (κ2) is 9.89. The van der Waals surface area contributed by atoms with Crippen LogP contribution < -0.4 is 15.0 Å². The fourth-order valence-electron chi connectivity index (χ4n) is 2.06. The molecule has 0 bridgehead atoms. The fourth-order valence-corrected chi connectivity index (χ4v) is 2.06. The molecule has 0 fully saturated rings. The van der Waals surface area contributed by atoms with E-state index in [1.807, 2.05) is 48.5 Å². The maximum absolute atomic E-state index is 11.6. The van der Waals surface area contributed by atoms with Crippen LogP contribution in [0.4, 0.5) is 0 Å². The second-order valence-electron chi connectivity index (χ2n) is 4.93. The van der Waals surface area contributed by atoms with Crippen molar-refractivity contribution in [3.05, 3.63) is 94.7 Å². The monoisotopic (exact) mass is 340 g/mol. The molecule has 0 unspecified atom stereocenters. The number of pyridine rings is 2. The molecule has 1 N–H and O–H groups in total. The van der Waals surface area contributed by atoms with Gasteiger partial charge in [0.1, 0.15) is 12.3 Å². The molecule has 6 heteroatoms. The summed E-state index contributed by atoms with van der Waals surface area (Å²) in [5.74, 6) is 0.0954. The molecule has 0 aliphatic carbocycles. The van der Waals surface area contributed by atoms with E-state index >= 15 is 0 Å². The maximum atomic E-state index is 11.6. The molecule has 25 heavy (non-hydrogen) atoms. The van der Waals surface area contributed by atoms with Crippen molar-refractivity contribution in [3.8, 4) is 5.75 Å². The number of aliphatic hydroxyl groups is 1. The molecule has 130 valence electrons. The van der Waals surface area contributed by atoms with Crippen molar-refractivity contribution in [3.63, 3.8) is 0 Å². The van der Waals surface area contributed by atoms with Gasteiger partial charge < -0.3 is 14.7 Å². The molecular formula is C19H20N2O4. The number of rotatable bonds is 5. The lowest BCUT2D eigenvalue weighted by Crippen LogP contribution is -2.21. The van der Waals surface area contributed by atoms with Crippen LogP contribution in [0, 0.1) is 0 Å². The number of hydrogen-bond acceptors (Lipinski definition) is 5. The SMILES string of the molecule is COc1c(CO)n(OCc2ccccc2)ccc1=O.c1ccncc1. The average Bonchev–Trinajstić information content (AvgIpc) is 2.69. The van der Waals surface area contributed by atoms with Crippen LogP contribution in [0.3, 0.4) is 0 Å². The minimum Gasteiger partial charge on any atom is -0.491 e. The standard InChI is InChI=1S/C14H15NO4.C5H5N/c1-18-14-12(9-16)15(8-7-13(14)17)19-10-11-5-3-2-4-6-11;1-2-4-6-5-3-1/h2-8,16H,9-10H2,1H3;1-5H. The van der Waals surface area contributed by atoms with Gasteiger partial charge in [0.25, 0.3) is 0 Å². The van der Waals surface area contributed by atoms with Crippen molar-refractivity contribution in [1.82, 2.24) is 9.71 Å². The lowest BCUT2D eigenvalue weighted by atomic mass is 10.2. The van der Waals surface area contributed by atoms with Gasteiger partial charge in [-0.1, -0.05) is 36.4 Å². The molecule has 2 heterocycles. The Balaban J connectivity index is 0.000000316. The maximum Gasteiger partial charge on any atom is 0.224 e. The molecule has 3 aromatic rings. The third-order valence-corrected chi connectivity index (χ3v) is 3.25. The van der Waals surface area contributed by atoms with Gasteiger partial charge in [0.15, 0.2) is 5.75 Å². The summed E-state index contributed by atoms with van der Waals surface area (Å²) >= 11 is 0. The Morgan fingerprint density at radius 3 is 2.24 bits per heavy atom. The zero-order valence-electron chi connectivity index (χ0n) is 13.9. The average molecular weight is 340 g/mol. The van der Waals surface area contributed by atoms with Gasteiger partial charge in [-0.2, -0.15) is 4.73 Å². The van der Waals surface area contributed by atoms with E-state index < -0.39 is 0 Å². The van der Waals surface area contributed by atoms with Crippen molar-refractivity contribution < 1.29 is 14.7 Å². The summed E-state index contributed by atoms with van der Waals surface area (Å²) in [6, 6.07) is 16.7. The largest absolute Gasteiger partial charge is 0.491 e. The molecule has 0 saturated heterocycles. The number of hydrogen-bond donors (Lipinski definition) is 1. The van der Waals surface area contributed by atoms with Crippen LogP contribution in [0.5, 0.6) is 5.75 Å². The molecule has 0 aliphatic rings. The number of aliphatic hydroxyl groups excluding tert-OH is 1. The Labute approximate surface area is 145 Å². The van der Waals surface area contributed by atoms with E-state index in [2.05, 4.69) is 4.98 Å². The Kier molecular flexibility index (Phi) is 7.21. The summed E-state index contributed by atoms with van der Waals surface area (Å²) < 4.78 is 6.34. The molecule has 1 aromatic carbocycles. The summed E-state index contributed by atoms with van der Waals surface area (Å²) in [5.41, 5.74) is 1.00. The molecule has 0 spiro atoms. The van der Waals surface area contributed by atoms with Gasteiger partial charge in [0, 0.05) is 24.7 Å². The minimum atomic E-state index is -0.339. The van der Waals surface area contributed by atoms with Gasteiger partial charge >= 0.3 is 0 Å². The number of methoxy groups -OCH3 is 1. The highest BCUT2D eigenvalue weighted by Crippen LogP contribution is 2.12. The van der Waals surface area contributed by atoms with E-state index in [0.29, 0.717) is 12.3 Å². The van der Waals surface area contributed by atoms with Crippen molar-refractivity contribution >= 4 is 0 Å². The van der Waals surface area contributed by atoms with Crippen LogP contribution in [0.25, 0.3) is 0 Å². The summed E-state index contributed by atoms with van der Waals surface area (Å²) in [6.45, 7) is -0.00604. The first kappa shape index (κ1) is 18.2. The predicted molar refractivity (Wildman–Crippen MR) is 94.1 cm³/mol. The highest BCUT2D eigenvalue weighted by Gasteiger charge is 2.11. The molecule has 6 nitrogen and oxygen atoms in total. The van der Waals surface area contributed by atoms with Crippen molar-refractivity contribution in [2.45, 2.75) is 13.2 Å². The van der Waals surface area contributed by atoms with E-state index in [1.165, 1.54) is 24.1 Å². The van der Waals surface area contributed by atoms with E-state index in [4.69, 9.17) is 9.57 Å². The smallest absolute Gasteiger partial charge is 0.224 e. The van der Waals surface area contributed by atoms with Crippen LogP contribution in [0.2, 0.25) is 0 Å². The first-order valence-electron chi connectivity index (χ1n) is 7.68. The number of nitrogens with zero attached hydrogens (tertiary/aromatic N) is 2. The lowest BCUT2D eigenvalue weighted by Gasteiger charge is -2.15. The zero-order valence-corrected chi connectivity index (χ0v) is 13.9. The third-order valence-electron chi connectivity index (χ3n) is 3.25. The second-order valence-corrected chi connectivity index (χ2v) is 4.93. The Bertz CT molecular complexity index is 778. The highest BCUT2D eigenvalue weighted by atomic mass is 16.7. The van der Waals surface area contributed by atoms with Crippen molar-refractivity contribution in [1.29, 1.82) is 0 Å². The van der Waals surface area contributed by atoms with Gasteiger partial charge in [0.2, 0.25) is 5.43 Å². The van der Waals surface area contributed by atoms with E-state index in [9.17, 15) is 9.90 Å². The molecule has 0 amide bonds. The van der Waals surface area contributed by atoms with Crippen LogP contribution in [0.15, 0.2) is 78.0 Å². The number of aromatic nitrogens is 2. The highest BCUT2D eigenvalue weighted by molar-refractivity contribution is 5.27. The molecule has 2 aromatic heterocycles. The molecule has 0 aliphatic heterocycles. The normalized spacial score (nSPS) is 9.68. The Morgan fingerprint density at radius 1 is 1.04 bits per heavy atom. The van der Waals surface area contributed by atoms with Gasteiger partial charge in [-0.15, -0.1) is 0 Å². The third kappa shape index (κ3) is 5.47. The number of benzene rings is 1. The lowest BCUT2D eigenvalue weighted by molar-refractivity contribution is 0.0765. The minimum absolute atomic E-state index is 0.0954. The zero-order chi connectivity index (χ0) is 17.9. The number of ether oxygens (including phenoxy) is 1. The van der Waals surface area contributed by atoms with Crippen molar-refractivity contribution in [2.75, 3.05) is 7.11 Å². The topological polar surface area (TPSA) is 73.6 Å². The Morgan fingerprint density at radius 2 is 1.72 bits per heavy atom. The molecular weight excluding hydrogens is 320 g/mol. The van der Waals surface area contributed by atoms with Crippen LogP contribution in [0.1, 0.15) is 11.3 Å². The summed E-state index contributed by atoms with van der Waals surface area (Å²) in [7, 11) is 1.39.